The zero-order chi connectivity index (χ0) is 14.0. The van der Waals surface area contributed by atoms with Crippen molar-refractivity contribution < 1.29 is 24.9 Å². The second-order valence-electron chi connectivity index (χ2n) is 4.57. The first kappa shape index (κ1) is 13.5. The molecule has 2 atom stereocenters. The predicted octanol–water partition coefficient (Wildman–Crippen LogP) is -0.509. The van der Waals surface area contributed by atoms with Crippen molar-refractivity contribution in [3.05, 3.63) is 35.4 Å². The molecule has 19 heavy (non-hydrogen) atoms. The van der Waals surface area contributed by atoms with E-state index < -0.39 is 18.2 Å². The molecule has 3 N–H and O–H groups in total. The normalized spacial score (nSPS) is 22.5. The Labute approximate surface area is 109 Å². The van der Waals surface area contributed by atoms with Gasteiger partial charge in [0.05, 0.1) is 24.2 Å². The van der Waals surface area contributed by atoms with E-state index in [1.165, 1.54) is 11.0 Å². The molecule has 2 rings (SSSR count). The number of hydrogen-bond donors (Lipinski definition) is 3. The number of hydrogen-bond acceptors (Lipinski definition) is 4. The molecule has 1 heterocycles. The molecule has 1 saturated heterocycles. The van der Waals surface area contributed by atoms with E-state index in [2.05, 4.69) is 0 Å². The van der Waals surface area contributed by atoms with E-state index in [1.54, 1.807) is 18.2 Å². The van der Waals surface area contributed by atoms with Crippen LogP contribution < -0.4 is 0 Å². The lowest BCUT2D eigenvalue weighted by molar-refractivity contribution is -0.129. The lowest BCUT2D eigenvalue weighted by atomic mass is 10.0. The maximum atomic E-state index is 12.0. The molecule has 6 heteroatoms. The number of aliphatic hydroxyl groups excluding tert-OH is 2. The molecule has 1 amide bonds. The van der Waals surface area contributed by atoms with Crippen LogP contribution in [0.2, 0.25) is 0 Å². The van der Waals surface area contributed by atoms with E-state index in [4.69, 9.17) is 5.11 Å². The number of carbonyl (C=O) groups is 2. The summed E-state index contributed by atoms with van der Waals surface area (Å²) in [6, 6.07) is 6.30. The molecule has 0 spiro atoms. The SMILES string of the molecule is O=C(O)c1ccccc1CC(=O)N1C[C@@H](O)[C@@H](O)C1. The highest BCUT2D eigenvalue weighted by Crippen LogP contribution is 2.15. The van der Waals surface area contributed by atoms with Gasteiger partial charge >= 0.3 is 5.97 Å². The third kappa shape index (κ3) is 2.91. The summed E-state index contributed by atoms with van der Waals surface area (Å²) < 4.78 is 0. The minimum atomic E-state index is -1.08. The third-order valence-electron chi connectivity index (χ3n) is 3.20. The highest BCUT2D eigenvalue weighted by molar-refractivity contribution is 5.91. The van der Waals surface area contributed by atoms with Gasteiger partial charge in [-0.25, -0.2) is 4.79 Å². The van der Waals surface area contributed by atoms with E-state index >= 15 is 0 Å². The molecule has 102 valence electrons. The largest absolute Gasteiger partial charge is 0.478 e. The van der Waals surface area contributed by atoms with Crippen molar-refractivity contribution in [3.63, 3.8) is 0 Å². The van der Waals surface area contributed by atoms with Crippen LogP contribution in [0.25, 0.3) is 0 Å². The number of aliphatic hydroxyl groups is 2. The topological polar surface area (TPSA) is 98.1 Å². The number of amides is 1. The molecule has 1 aromatic carbocycles. The van der Waals surface area contributed by atoms with E-state index in [1.807, 2.05) is 0 Å². The van der Waals surface area contributed by atoms with Crippen molar-refractivity contribution in [2.75, 3.05) is 13.1 Å². The zero-order valence-electron chi connectivity index (χ0n) is 10.2. The molecule has 0 unspecified atom stereocenters. The predicted molar refractivity (Wildman–Crippen MR) is 65.7 cm³/mol. The van der Waals surface area contributed by atoms with E-state index in [0.29, 0.717) is 5.56 Å². The average molecular weight is 265 g/mol. The maximum absolute atomic E-state index is 12.0. The Morgan fingerprint density at radius 3 is 2.32 bits per heavy atom. The third-order valence-corrected chi connectivity index (χ3v) is 3.20. The lowest BCUT2D eigenvalue weighted by Gasteiger charge is -2.16. The van der Waals surface area contributed by atoms with E-state index in [-0.39, 0.29) is 31.0 Å². The highest BCUT2D eigenvalue weighted by Gasteiger charge is 2.32. The number of likely N-dealkylation sites (tertiary alicyclic amines) is 1. The molecule has 1 aliphatic heterocycles. The number of carboxylic acids is 1. The first-order valence-electron chi connectivity index (χ1n) is 5.94. The number of aromatic carboxylic acids is 1. The standard InChI is InChI=1S/C13H15NO5/c15-10-6-14(7-11(10)16)12(17)5-8-3-1-2-4-9(8)13(18)19/h1-4,10-11,15-16H,5-7H2,(H,18,19)/t10-,11+. The molecule has 0 aliphatic carbocycles. The number of benzene rings is 1. The Kier molecular flexibility index (Phi) is 3.82. The van der Waals surface area contributed by atoms with Gasteiger partial charge in [0.2, 0.25) is 5.91 Å². The number of rotatable bonds is 3. The van der Waals surface area contributed by atoms with Crippen LogP contribution in [0, 0.1) is 0 Å². The fourth-order valence-electron chi connectivity index (χ4n) is 2.13. The number of carboxylic acid groups (broad SMARTS) is 1. The molecule has 0 saturated carbocycles. The number of β-amino-alcohol motifs (C(OH)–C–C–N with tert-alkyl or cyclic N) is 2. The second kappa shape index (κ2) is 5.38. The number of nitrogens with zero attached hydrogens (tertiary/aromatic N) is 1. The van der Waals surface area contributed by atoms with E-state index in [9.17, 15) is 19.8 Å². The summed E-state index contributed by atoms with van der Waals surface area (Å²) in [5, 5.41) is 27.8. The minimum absolute atomic E-state index is 0.0537. The van der Waals surface area contributed by atoms with Crippen molar-refractivity contribution in [2.45, 2.75) is 18.6 Å². The Bertz CT molecular complexity index is 492. The monoisotopic (exact) mass is 265 g/mol. The van der Waals surface area contributed by atoms with Crippen LogP contribution in [0.5, 0.6) is 0 Å². The molecular formula is C13H15NO5. The minimum Gasteiger partial charge on any atom is -0.478 e. The fraction of sp³-hybridized carbons (Fsp3) is 0.385. The van der Waals surface area contributed by atoms with Gasteiger partial charge in [0.25, 0.3) is 0 Å². The van der Waals surface area contributed by atoms with Crippen LogP contribution in [-0.4, -0.2) is 57.4 Å². The van der Waals surface area contributed by atoms with Crippen LogP contribution >= 0.6 is 0 Å². The summed E-state index contributed by atoms with van der Waals surface area (Å²) in [7, 11) is 0. The molecule has 0 radical (unpaired) electrons. The summed E-state index contributed by atoms with van der Waals surface area (Å²) in [4.78, 5) is 24.4. The zero-order valence-corrected chi connectivity index (χ0v) is 10.2. The molecule has 0 aromatic heterocycles. The summed E-state index contributed by atoms with van der Waals surface area (Å²) in [6.07, 6.45) is -1.92. The highest BCUT2D eigenvalue weighted by atomic mass is 16.4. The van der Waals surface area contributed by atoms with Crippen LogP contribution in [0.3, 0.4) is 0 Å². The van der Waals surface area contributed by atoms with Gasteiger partial charge in [-0.05, 0) is 11.6 Å². The Hall–Kier alpha value is -1.92. The van der Waals surface area contributed by atoms with E-state index in [0.717, 1.165) is 0 Å². The van der Waals surface area contributed by atoms with Gasteiger partial charge < -0.3 is 20.2 Å². The molecule has 0 bridgehead atoms. The molecule has 1 fully saturated rings. The lowest BCUT2D eigenvalue weighted by Crippen LogP contribution is -2.31. The van der Waals surface area contributed by atoms with Crippen molar-refractivity contribution >= 4 is 11.9 Å². The second-order valence-corrected chi connectivity index (χ2v) is 4.57. The van der Waals surface area contributed by atoms with Crippen LogP contribution in [0.4, 0.5) is 0 Å². The van der Waals surface area contributed by atoms with Gasteiger partial charge in [0.15, 0.2) is 0 Å². The first-order valence-corrected chi connectivity index (χ1v) is 5.94. The van der Waals surface area contributed by atoms with Crippen LogP contribution in [-0.2, 0) is 11.2 Å². The van der Waals surface area contributed by atoms with Gasteiger partial charge in [-0.1, -0.05) is 18.2 Å². The van der Waals surface area contributed by atoms with Crippen molar-refractivity contribution in [2.24, 2.45) is 0 Å². The smallest absolute Gasteiger partial charge is 0.335 e. The molecule has 6 nitrogen and oxygen atoms in total. The van der Waals surface area contributed by atoms with Gasteiger partial charge in [0, 0.05) is 13.1 Å². The summed E-state index contributed by atoms with van der Waals surface area (Å²) in [5.41, 5.74) is 0.520. The first-order chi connectivity index (χ1) is 8.99. The van der Waals surface area contributed by atoms with Gasteiger partial charge in [-0.15, -0.1) is 0 Å². The summed E-state index contributed by atoms with van der Waals surface area (Å²) in [5.74, 6) is -1.38. The van der Waals surface area contributed by atoms with Crippen molar-refractivity contribution in [3.8, 4) is 0 Å². The van der Waals surface area contributed by atoms with Gasteiger partial charge in [0.1, 0.15) is 0 Å². The Morgan fingerprint density at radius 2 is 1.74 bits per heavy atom. The van der Waals surface area contributed by atoms with Gasteiger partial charge in [-0.2, -0.15) is 0 Å². The number of carbonyl (C=O) groups excluding carboxylic acids is 1. The Morgan fingerprint density at radius 1 is 1.16 bits per heavy atom. The summed E-state index contributed by atoms with van der Waals surface area (Å²) in [6.45, 7) is 0.157. The van der Waals surface area contributed by atoms with Crippen molar-refractivity contribution in [1.29, 1.82) is 0 Å². The fourth-order valence-corrected chi connectivity index (χ4v) is 2.13. The quantitative estimate of drug-likeness (QED) is 0.684. The Balaban J connectivity index is 2.10. The molecule has 1 aliphatic rings. The molecular weight excluding hydrogens is 250 g/mol. The average Bonchev–Trinajstić information content (AvgIpc) is 2.70. The maximum Gasteiger partial charge on any atom is 0.335 e. The van der Waals surface area contributed by atoms with Gasteiger partial charge in [-0.3, -0.25) is 4.79 Å². The van der Waals surface area contributed by atoms with Crippen LogP contribution in [0.15, 0.2) is 24.3 Å². The molecule has 1 aromatic rings. The summed E-state index contributed by atoms with van der Waals surface area (Å²) >= 11 is 0. The van der Waals surface area contributed by atoms with Crippen molar-refractivity contribution in [1.82, 2.24) is 4.90 Å². The van der Waals surface area contributed by atoms with Crippen LogP contribution in [0.1, 0.15) is 15.9 Å².